The van der Waals surface area contributed by atoms with Crippen LogP contribution in [0.3, 0.4) is 0 Å². The third-order valence-electron chi connectivity index (χ3n) is 2.70. The summed E-state index contributed by atoms with van der Waals surface area (Å²) in [4.78, 5) is 33.2. The molecule has 0 saturated heterocycles. The fourth-order valence-electron chi connectivity index (χ4n) is 1.66. The normalized spacial score (nSPS) is 12.4. The number of ether oxygens (including phenoxy) is 1. The Morgan fingerprint density at radius 1 is 1.23 bits per heavy atom. The topological polar surface area (TPSA) is 98.5 Å². The van der Waals surface area contributed by atoms with Gasteiger partial charge >= 0.3 is 18.1 Å². The van der Waals surface area contributed by atoms with Crippen LogP contribution in [-0.4, -0.2) is 31.1 Å². The first kappa shape index (κ1) is 17.5. The molecule has 1 aromatic carbocycles. The number of alkyl halides is 3. The summed E-state index contributed by atoms with van der Waals surface area (Å²) in [5.74, 6) is -3.70. The number of nitrogens with one attached hydrogen (secondary N) is 1. The SMILES string of the molecule is COC(=O)c1ccc([C@H](CC(N)=O)NC(=O)C(F)(F)F)cc1. The monoisotopic (exact) mass is 318 g/mol. The van der Waals surface area contributed by atoms with Gasteiger partial charge in [0.2, 0.25) is 5.91 Å². The number of hydrogen-bond donors (Lipinski definition) is 2. The summed E-state index contributed by atoms with van der Waals surface area (Å²) in [7, 11) is 1.18. The van der Waals surface area contributed by atoms with E-state index in [1.807, 2.05) is 0 Å². The van der Waals surface area contributed by atoms with Gasteiger partial charge in [0.15, 0.2) is 0 Å². The molecule has 0 fully saturated rings. The van der Waals surface area contributed by atoms with Crippen LogP contribution in [0.2, 0.25) is 0 Å². The highest BCUT2D eigenvalue weighted by Crippen LogP contribution is 2.21. The van der Waals surface area contributed by atoms with Gasteiger partial charge in [0.05, 0.1) is 25.1 Å². The minimum Gasteiger partial charge on any atom is -0.465 e. The molecule has 1 aromatic rings. The number of halogens is 3. The first-order chi connectivity index (χ1) is 10.1. The summed E-state index contributed by atoms with van der Waals surface area (Å²) in [6, 6.07) is 3.95. The van der Waals surface area contributed by atoms with E-state index < -0.39 is 36.4 Å². The van der Waals surface area contributed by atoms with Crippen molar-refractivity contribution in [2.24, 2.45) is 5.73 Å². The highest BCUT2D eigenvalue weighted by molar-refractivity contribution is 5.89. The quantitative estimate of drug-likeness (QED) is 0.793. The van der Waals surface area contributed by atoms with E-state index >= 15 is 0 Å². The molecule has 0 unspecified atom stereocenters. The van der Waals surface area contributed by atoms with Crippen molar-refractivity contribution in [3.05, 3.63) is 35.4 Å². The second kappa shape index (κ2) is 6.92. The van der Waals surface area contributed by atoms with E-state index in [0.29, 0.717) is 0 Å². The van der Waals surface area contributed by atoms with E-state index in [-0.39, 0.29) is 11.1 Å². The van der Waals surface area contributed by atoms with Crippen LogP contribution in [0.15, 0.2) is 24.3 Å². The zero-order valence-corrected chi connectivity index (χ0v) is 11.4. The third kappa shape index (κ3) is 4.76. The van der Waals surface area contributed by atoms with Crippen molar-refractivity contribution < 1.29 is 32.3 Å². The lowest BCUT2D eigenvalue weighted by Crippen LogP contribution is -2.40. The van der Waals surface area contributed by atoms with Gasteiger partial charge in [-0.05, 0) is 17.7 Å². The molecule has 22 heavy (non-hydrogen) atoms. The van der Waals surface area contributed by atoms with Gasteiger partial charge in [-0.15, -0.1) is 0 Å². The Kier molecular flexibility index (Phi) is 5.50. The first-order valence-electron chi connectivity index (χ1n) is 5.99. The van der Waals surface area contributed by atoms with E-state index in [4.69, 9.17) is 5.73 Å². The first-order valence-corrected chi connectivity index (χ1v) is 5.99. The van der Waals surface area contributed by atoms with Crippen LogP contribution >= 0.6 is 0 Å². The predicted octanol–water partition coefficient (Wildman–Crippen LogP) is 1.07. The maximum absolute atomic E-state index is 12.3. The lowest BCUT2D eigenvalue weighted by Gasteiger charge is -2.19. The minimum atomic E-state index is -5.08. The Morgan fingerprint density at radius 3 is 2.18 bits per heavy atom. The van der Waals surface area contributed by atoms with E-state index in [2.05, 4.69) is 4.74 Å². The molecule has 0 aromatic heterocycles. The van der Waals surface area contributed by atoms with Crippen LogP contribution in [-0.2, 0) is 14.3 Å². The van der Waals surface area contributed by atoms with Gasteiger partial charge in [0, 0.05) is 0 Å². The smallest absolute Gasteiger partial charge is 0.465 e. The van der Waals surface area contributed by atoms with Crippen molar-refractivity contribution in [3.8, 4) is 0 Å². The van der Waals surface area contributed by atoms with Gasteiger partial charge in [-0.1, -0.05) is 12.1 Å². The number of hydrogen-bond acceptors (Lipinski definition) is 4. The van der Waals surface area contributed by atoms with Gasteiger partial charge in [-0.2, -0.15) is 13.2 Å². The number of methoxy groups -OCH3 is 1. The summed E-state index contributed by atoms with van der Waals surface area (Å²) < 4.78 is 41.3. The van der Waals surface area contributed by atoms with Gasteiger partial charge in [0.25, 0.3) is 0 Å². The van der Waals surface area contributed by atoms with Crippen molar-refractivity contribution in [1.82, 2.24) is 5.32 Å². The number of nitrogens with two attached hydrogens (primary N) is 1. The van der Waals surface area contributed by atoms with Gasteiger partial charge in [0.1, 0.15) is 0 Å². The Bertz CT molecular complexity index is 570. The zero-order chi connectivity index (χ0) is 16.9. The summed E-state index contributed by atoms with van der Waals surface area (Å²) in [6.07, 6.45) is -5.60. The number of amides is 2. The zero-order valence-electron chi connectivity index (χ0n) is 11.4. The summed E-state index contributed by atoms with van der Waals surface area (Å²) in [6.45, 7) is 0. The van der Waals surface area contributed by atoms with Crippen molar-refractivity contribution in [1.29, 1.82) is 0 Å². The lowest BCUT2D eigenvalue weighted by atomic mass is 10.0. The third-order valence-corrected chi connectivity index (χ3v) is 2.70. The summed E-state index contributed by atoms with van der Waals surface area (Å²) in [5, 5.41) is 1.69. The Balaban J connectivity index is 2.99. The highest BCUT2D eigenvalue weighted by Gasteiger charge is 2.40. The highest BCUT2D eigenvalue weighted by atomic mass is 19.4. The van der Waals surface area contributed by atoms with Crippen LogP contribution in [0.1, 0.15) is 28.4 Å². The molecule has 0 aliphatic heterocycles. The maximum Gasteiger partial charge on any atom is 0.471 e. The predicted molar refractivity (Wildman–Crippen MR) is 68.5 cm³/mol. The Hall–Kier alpha value is -2.58. The number of primary amides is 1. The van der Waals surface area contributed by atoms with Gasteiger partial charge in [-0.3, -0.25) is 9.59 Å². The summed E-state index contributed by atoms with van der Waals surface area (Å²) in [5.41, 5.74) is 5.34. The van der Waals surface area contributed by atoms with Crippen LogP contribution in [0.25, 0.3) is 0 Å². The van der Waals surface area contributed by atoms with Crippen LogP contribution in [0.5, 0.6) is 0 Å². The minimum absolute atomic E-state index is 0.172. The molecular weight excluding hydrogens is 305 g/mol. The number of esters is 1. The molecule has 6 nitrogen and oxygen atoms in total. The van der Waals surface area contributed by atoms with Crippen LogP contribution < -0.4 is 11.1 Å². The molecule has 3 N–H and O–H groups in total. The molecule has 1 atom stereocenters. The van der Waals surface area contributed by atoms with Crippen LogP contribution in [0, 0.1) is 0 Å². The van der Waals surface area contributed by atoms with Crippen molar-refractivity contribution >= 4 is 17.8 Å². The molecule has 0 bridgehead atoms. The molecule has 1 rings (SSSR count). The molecule has 0 radical (unpaired) electrons. The van der Waals surface area contributed by atoms with E-state index in [9.17, 15) is 27.6 Å². The largest absolute Gasteiger partial charge is 0.471 e. The van der Waals surface area contributed by atoms with Crippen LogP contribution in [0.4, 0.5) is 13.2 Å². The standard InChI is InChI=1S/C13H13F3N2O4/c1-22-11(20)8-4-2-7(3-5-8)9(6-10(17)19)18-12(21)13(14,15)16/h2-5,9H,6H2,1H3,(H2,17,19)(H,18,21)/t9-/m0/s1. The van der Waals surface area contributed by atoms with Gasteiger partial charge < -0.3 is 15.8 Å². The summed E-state index contributed by atoms with van der Waals surface area (Å²) >= 11 is 0. The molecule has 0 aliphatic carbocycles. The molecule has 0 saturated carbocycles. The van der Waals surface area contributed by atoms with Gasteiger partial charge in [-0.25, -0.2) is 4.79 Å². The van der Waals surface area contributed by atoms with Crippen molar-refractivity contribution in [3.63, 3.8) is 0 Å². The average Bonchev–Trinajstić information content (AvgIpc) is 2.44. The van der Waals surface area contributed by atoms with Crippen molar-refractivity contribution in [2.45, 2.75) is 18.6 Å². The van der Waals surface area contributed by atoms with E-state index in [1.165, 1.54) is 31.4 Å². The molecule has 120 valence electrons. The van der Waals surface area contributed by atoms with E-state index in [1.54, 1.807) is 5.32 Å². The second-order valence-electron chi connectivity index (χ2n) is 4.31. The maximum atomic E-state index is 12.3. The molecular formula is C13H13F3N2O4. The number of carbonyl (C=O) groups is 3. The lowest BCUT2D eigenvalue weighted by molar-refractivity contribution is -0.174. The number of carbonyl (C=O) groups excluding carboxylic acids is 3. The Morgan fingerprint density at radius 2 is 1.77 bits per heavy atom. The molecule has 9 heteroatoms. The molecule has 0 heterocycles. The fourth-order valence-corrected chi connectivity index (χ4v) is 1.66. The van der Waals surface area contributed by atoms with E-state index in [0.717, 1.165) is 0 Å². The van der Waals surface area contributed by atoms with Crippen molar-refractivity contribution in [2.75, 3.05) is 7.11 Å². The number of rotatable bonds is 5. The number of benzene rings is 1. The molecule has 0 aliphatic rings. The average molecular weight is 318 g/mol. The molecule has 0 spiro atoms. The second-order valence-corrected chi connectivity index (χ2v) is 4.31. The molecule has 2 amide bonds. The Labute approximate surface area is 123 Å². The fraction of sp³-hybridized carbons (Fsp3) is 0.308.